The Morgan fingerprint density at radius 2 is 2.03 bits per heavy atom. The molecule has 3 aromatic heterocycles. The number of hydrogen-bond donors (Lipinski definition) is 2. The summed E-state index contributed by atoms with van der Waals surface area (Å²) in [4.78, 5) is 27.1. The van der Waals surface area contributed by atoms with Gasteiger partial charge in [-0.2, -0.15) is 10.1 Å². The molecule has 1 saturated heterocycles. The topological polar surface area (TPSA) is 114 Å². The van der Waals surface area contributed by atoms with Crippen molar-refractivity contribution in [1.29, 1.82) is 0 Å². The second-order valence-corrected chi connectivity index (χ2v) is 8.71. The normalized spacial score (nSPS) is 16.1. The number of aromatic nitrogens is 6. The van der Waals surface area contributed by atoms with Crippen LogP contribution in [0.4, 0.5) is 8.78 Å². The Balaban J connectivity index is 1.40. The second-order valence-electron chi connectivity index (χ2n) is 8.71. The predicted octanol–water partition coefficient (Wildman–Crippen LogP) is 2.20. The van der Waals surface area contributed by atoms with Gasteiger partial charge in [0.25, 0.3) is 5.92 Å². The number of rotatable bonds is 8. The minimum absolute atomic E-state index is 0.000522. The van der Waals surface area contributed by atoms with Crippen molar-refractivity contribution in [3.8, 4) is 23.1 Å². The number of halogens is 2. The van der Waals surface area contributed by atoms with Gasteiger partial charge in [0.2, 0.25) is 17.7 Å². The number of amides is 1. The Kier molecular flexibility index (Phi) is 6.87. The molecule has 3 aromatic rings. The Hall–Kier alpha value is -3.41. The van der Waals surface area contributed by atoms with Crippen LogP contribution in [0, 0.1) is 0 Å². The van der Waals surface area contributed by atoms with Gasteiger partial charge in [-0.15, -0.1) is 0 Å². The fraction of sp³-hybridized carbons (Fsp3) is 0.500. The van der Waals surface area contributed by atoms with Gasteiger partial charge in [-0.25, -0.2) is 18.7 Å². The molecule has 0 aromatic carbocycles. The lowest BCUT2D eigenvalue weighted by Crippen LogP contribution is -2.43. The molecule has 1 amide bonds. The van der Waals surface area contributed by atoms with E-state index in [4.69, 9.17) is 0 Å². The molecule has 1 aliphatic rings. The number of carbonyl (C=O) groups excluding carboxylic acids is 1. The zero-order valence-electron chi connectivity index (χ0n) is 19.2. The molecule has 0 unspecified atom stereocenters. The van der Waals surface area contributed by atoms with E-state index in [-0.39, 0.29) is 43.0 Å². The van der Waals surface area contributed by atoms with Crippen molar-refractivity contribution in [2.75, 3.05) is 26.2 Å². The first kappa shape index (κ1) is 23.7. The Morgan fingerprint density at radius 1 is 1.26 bits per heavy atom. The Morgan fingerprint density at radius 3 is 2.71 bits per heavy atom. The average molecular weight is 475 g/mol. The summed E-state index contributed by atoms with van der Waals surface area (Å²) in [6, 6.07) is 0. The molecule has 2 N–H and O–H groups in total. The number of imidazole rings is 1. The van der Waals surface area contributed by atoms with Gasteiger partial charge in [0, 0.05) is 68.7 Å². The summed E-state index contributed by atoms with van der Waals surface area (Å²) in [5, 5.41) is 17.6. The van der Waals surface area contributed by atoms with E-state index in [1.807, 2.05) is 18.7 Å². The van der Waals surface area contributed by atoms with Gasteiger partial charge in [-0.3, -0.25) is 14.0 Å². The van der Waals surface area contributed by atoms with Gasteiger partial charge in [0.1, 0.15) is 12.9 Å². The zero-order valence-corrected chi connectivity index (χ0v) is 19.2. The first-order valence-corrected chi connectivity index (χ1v) is 11.2. The SMILES string of the molecule is CC(C)c1c(O)nc(-n2ccnc2)nc1-c1cnn(CC(=O)NCCN2CCC(F)(F)CC2)c1. The summed E-state index contributed by atoms with van der Waals surface area (Å²) in [7, 11) is 0. The third-order valence-corrected chi connectivity index (χ3v) is 5.78. The summed E-state index contributed by atoms with van der Waals surface area (Å²) >= 11 is 0. The van der Waals surface area contributed by atoms with Crippen LogP contribution in [-0.4, -0.2) is 77.3 Å². The third kappa shape index (κ3) is 5.56. The zero-order chi connectivity index (χ0) is 24.3. The van der Waals surface area contributed by atoms with Crippen molar-refractivity contribution < 1.29 is 18.7 Å². The maximum atomic E-state index is 13.2. The number of nitrogens with one attached hydrogen (secondary N) is 1. The molecule has 34 heavy (non-hydrogen) atoms. The summed E-state index contributed by atoms with van der Waals surface area (Å²) < 4.78 is 29.6. The van der Waals surface area contributed by atoms with E-state index in [0.717, 1.165) is 0 Å². The van der Waals surface area contributed by atoms with E-state index in [1.54, 1.807) is 29.4 Å². The van der Waals surface area contributed by atoms with Crippen LogP contribution in [0.2, 0.25) is 0 Å². The van der Waals surface area contributed by atoms with Crippen LogP contribution >= 0.6 is 0 Å². The third-order valence-electron chi connectivity index (χ3n) is 5.78. The smallest absolute Gasteiger partial charge is 0.250 e. The van der Waals surface area contributed by atoms with Gasteiger partial charge in [0.15, 0.2) is 0 Å². The van der Waals surface area contributed by atoms with E-state index in [9.17, 15) is 18.7 Å². The molecule has 1 aliphatic heterocycles. The fourth-order valence-corrected chi connectivity index (χ4v) is 3.92. The lowest BCUT2D eigenvalue weighted by molar-refractivity contribution is -0.122. The van der Waals surface area contributed by atoms with E-state index in [1.165, 1.54) is 11.0 Å². The molecule has 182 valence electrons. The molecule has 0 spiro atoms. The fourth-order valence-electron chi connectivity index (χ4n) is 3.92. The van der Waals surface area contributed by atoms with E-state index >= 15 is 0 Å². The average Bonchev–Trinajstić information content (AvgIpc) is 3.46. The standard InChI is InChI=1S/C22H28F2N8O2/c1-15(2)18-19(28-21(29-20(18)34)31-10-5-25-14-31)16-11-27-32(12-16)13-17(33)26-6-9-30-7-3-22(23,24)4-8-30/h5,10-12,14-15H,3-4,6-9,13H2,1-2H3,(H,26,33)(H,28,29,34). The van der Waals surface area contributed by atoms with E-state index < -0.39 is 5.92 Å². The Labute approximate surface area is 195 Å². The van der Waals surface area contributed by atoms with Gasteiger partial charge in [0.05, 0.1) is 11.9 Å². The van der Waals surface area contributed by atoms with Crippen molar-refractivity contribution in [2.24, 2.45) is 0 Å². The molecule has 4 heterocycles. The highest BCUT2D eigenvalue weighted by Crippen LogP contribution is 2.33. The number of alkyl halides is 2. The molecule has 0 saturated carbocycles. The highest BCUT2D eigenvalue weighted by Gasteiger charge is 2.33. The first-order valence-electron chi connectivity index (χ1n) is 11.2. The van der Waals surface area contributed by atoms with E-state index in [0.29, 0.717) is 43.0 Å². The second kappa shape index (κ2) is 9.84. The Bertz CT molecular complexity index is 1120. The molecule has 0 aliphatic carbocycles. The predicted molar refractivity (Wildman–Crippen MR) is 120 cm³/mol. The van der Waals surface area contributed by atoms with Gasteiger partial charge in [-0.1, -0.05) is 13.8 Å². The largest absolute Gasteiger partial charge is 0.493 e. The molecule has 10 nitrogen and oxygen atoms in total. The van der Waals surface area contributed by atoms with Gasteiger partial charge in [-0.05, 0) is 5.92 Å². The van der Waals surface area contributed by atoms with Crippen molar-refractivity contribution in [1.82, 2.24) is 39.5 Å². The first-order chi connectivity index (χ1) is 16.2. The number of hydrogen-bond acceptors (Lipinski definition) is 7. The van der Waals surface area contributed by atoms with Crippen LogP contribution in [0.3, 0.4) is 0 Å². The molecule has 1 fully saturated rings. The van der Waals surface area contributed by atoms with Crippen molar-refractivity contribution in [2.45, 2.75) is 45.1 Å². The van der Waals surface area contributed by atoms with Crippen LogP contribution in [0.5, 0.6) is 5.88 Å². The van der Waals surface area contributed by atoms with Gasteiger partial charge >= 0.3 is 0 Å². The summed E-state index contributed by atoms with van der Waals surface area (Å²) in [6.07, 6.45) is 7.80. The van der Waals surface area contributed by atoms with Crippen molar-refractivity contribution in [3.63, 3.8) is 0 Å². The summed E-state index contributed by atoms with van der Waals surface area (Å²) in [5.74, 6) is -2.70. The van der Waals surface area contributed by atoms with Crippen LogP contribution in [-0.2, 0) is 11.3 Å². The monoisotopic (exact) mass is 474 g/mol. The maximum absolute atomic E-state index is 13.2. The molecule has 4 rings (SSSR count). The lowest BCUT2D eigenvalue weighted by atomic mass is 9.99. The minimum atomic E-state index is -2.58. The molecular weight excluding hydrogens is 446 g/mol. The molecule has 12 heteroatoms. The highest BCUT2D eigenvalue weighted by molar-refractivity contribution is 5.76. The maximum Gasteiger partial charge on any atom is 0.250 e. The van der Waals surface area contributed by atoms with Crippen LogP contribution in [0.15, 0.2) is 31.1 Å². The summed E-state index contributed by atoms with van der Waals surface area (Å²) in [6.45, 7) is 5.43. The number of aromatic hydroxyl groups is 1. The quantitative estimate of drug-likeness (QED) is 0.515. The van der Waals surface area contributed by atoms with Crippen molar-refractivity contribution >= 4 is 5.91 Å². The van der Waals surface area contributed by atoms with Crippen LogP contribution in [0.1, 0.15) is 38.2 Å². The number of piperidine rings is 1. The molecule has 0 radical (unpaired) electrons. The molecular formula is C22H28F2N8O2. The van der Waals surface area contributed by atoms with Crippen molar-refractivity contribution in [3.05, 3.63) is 36.7 Å². The number of carbonyl (C=O) groups is 1. The number of nitrogens with zero attached hydrogens (tertiary/aromatic N) is 7. The van der Waals surface area contributed by atoms with Crippen LogP contribution in [0.25, 0.3) is 17.2 Å². The number of likely N-dealkylation sites (tertiary alicyclic amines) is 1. The molecule has 0 bridgehead atoms. The van der Waals surface area contributed by atoms with Gasteiger partial charge < -0.3 is 15.3 Å². The molecule has 0 atom stereocenters. The van der Waals surface area contributed by atoms with Crippen LogP contribution < -0.4 is 5.32 Å². The minimum Gasteiger partial charge on any atom is -0.493 e. The highest BCUT2D eigenvalue weighted by atomic mass is 19.3. The summed E-state index contributed by atoms with van der Waals surface area (Å²) in [5.41, 5.74) is 1.75. The lowest BCUT2D eigenvalue weighted by Gasteiger charge is -2.31. The van der Waals surface area contributed by atoms with E-state index in [2.05, 4.69) is 25.4 Å².